The number of hydrogen-bond acceptors (Lipinski definition) is 34. The molecule has 0 bridgehead atoms. The van der Waals surface area contributed by atoms with Gasteiger partial charge in [-0.15, -0.1) is 0 Å². The van der Waals surface area contributed by atoms with Gasteiger partial charge >= 0.3 is 33.3 Å². The number of nitrogens with one attached hydrogen (secondary N) is 1. The number of benzene rings is 1. The van der Waals surface area contributed by atoms with Gasteiger partial charge in [-0.25, -0.2) is 23.1 Å². The summed E-state index contributed by atoms with van der Waals surface area (Å²) in [4.78, 5) is 24.1. The van der Waals surface area contributed by atoms with Crippen molar-refractivity contribution in [3.63, 3.8) is 0 Å². The minimum Gasteiger partial charge on any atom is -0.429 e. The maximum absolute atomic E-state index is 13.2. The Morgan fingerprint density at radius 3 is 1.08 bits per heavy atom. The number of carbonyl (C=O) groups is 2. The minimum absolute atomic E-state index is 0.0121. The fourth-order valence-corrected chi connectivity index (χ4v) is 16.1. The first-order valence-electron chi connectivity index (χ1n) is 37.0. The molecule has 638 valence electrons. The summed E-state index contributed by atoms with van der Waals surface area (Å²) in [6.07, 6.45) is -5.56. The van der Waals surface area contributed by atoms with Gasteiger partial charge in [0, 0.05) is 65.0 Å². The highest BCUT2D eigenvalue weighted by atomic mass is 32.7. The Kier molecular flexibility index (Phi) is 51.5. The molecule has 3 aliphatic rings. The highest BCUT2D eigenvalue weighted by Gasteiger charge is 2.47. The Hall–Kier alpha value is -0.760. The SMILES string of the molecule is CC(=O)NC1[C@H](OCCCCCCOP(=O)(S)OCCCOCC(COCCCCOP(=O)(S)OC(=O)OCc2ccccc2)(COCCCOP(=O)(S)OCCCCCCO[C@@H]2OC(CO)[C@@H](O)[C@H](O)C2C)COCCCOP(=O)(S)OCCCCCCO[C@@H]2OC(CO)[C@@H](O)[C@H](O)C2C)OC(CO)[C@@H](O)[C@@H]1O. The van der Waals surface area contributed by atoms with Gasteiger partial charge < -0.3 is 135 Å². The number of aliphatic hydroxyl groups excluding tert-OH is 9. The molecule has 35 nitrogen and oxygen atoms in total. The lowest BCUT2D eigenvalue weighted by Crippen LogP contribution is -2.64. The van der Waals surface area contributed by atoms with Gasteiger partial charge in [0.2, 0.25) is 5.91 Å². The number of aliphatic hydroxyl groups is 9. The first-order valence-corrected chi connectivity index (χ1v) is 47.8. The van der Waals surface area contributed by atoms with Crippen LogP contribution in [-0.2, 0) is 118 Å². The van der Waals surface area contributed by atoms with E-state index in [-0.39, 0.29) is 132 Å². The fraction of sp³-hybridized carbons (Fsp3) is 0.879. The fourth-order valence-electron chi connectivity index (χ4n) is 11.1. The maximum Gasteiger partial charge on any atom is 0.515 e. The van der Waals surface area contributed by atoms with Gasteiger partial charge in [0.25, 0.3) is 0 Å². The third-order valence-electron chi connectivity index (χ3n) is 17.4. The molecule has 4 rings (SSSR count). The largest absolute Gasteiger partial charge is 0.515 e. The van der Waals surface area contributed by atoms with E-state index >= 15 is 0 Å². The number of rotatable bonds is 63. The predicted molar refractivity (Wildman–Crippen MR) is 407 cm³/mol. The molecule has 10 N–H and O–H groups in total. The van der Waals surface area contributed by atoms with Crippen molar-refractivity contribution >= 4 is 88.2 Å². The van der Waals surface area contributed by atoms with Crippen molar-refractivity contribution in [2.75, 3.05) is 139 Å². The molecule has 0 aliphatic carbocycles. The number of ether oxygens (including phenoxy) is 11. The Bertz CT molecular complexity index is 2710. The van der Waals surface area contributed by atoms with Crippen molar-refractivity contribution in [2.24, 2.45) is 17.3 Å². The van der Waals surface area contributed by atoms with E-state index < -0.39 is 156 Å². The second-order valence-corrected chi connectivity index (χ2v) is 38.3. The first kappa shape index (κ1) is 101. The van der Waals surface area contributed by atoms with Crippen molar-refractivity contribution in [1.29, 1.82) is 0 Å². The second-order valence-electron chi connectivity index (χ2n) is 26.7. The molecule has 43 heteroatoms. The zero-order valence-electron chi connectivity index (χ0n) is 62.4. The lowest BCUT2D eigenvalue weighted by molar-refractivity contribution is -0.282. The van der Waals surface area contributed by atoms with Crippen LogP contribution in [0.1, 0.15) is 135 Å². The van der Waals surface area contributed by atoms with Crippen molar-refractivity contribution in [3.8, 4) is 0 Å². The van der Waals surface area contributed by atoms with Crippen LogP contribution in [0, 0.1) is 17.3 Å². The van der Waals surface area contributed by atoms with Crippen LogP contribution in [0.25, 0.3) is 0 Å². The molecule has 0 radical (unpaired) electrons. The molecule has 1 aromatic rings. The molecule has 3 aliphatic heterocycles. The van der Waals surface area contributed by atoms with E-state index in [0.717, 1.165) is 12.8 Å². The molecule has 3 heterocycles. The Balaban J connectivity index is 1.29. The Labute approximate surface area is 660 Å². The lowest BCUT2D eigenvalue weighted by Gasteiger charge is -2.42. The average Bonchev–Trinajstić information content (AvgIpc) is 0.800. The summed E-state index contributed by atoms with van der Waals surface area (Å²) in [6, 6.07) is 7.73. The van der Waals surface area contributed by atoms with E-state index in [0.29, 0.717) is 95.8 Å². The highest BCUT2D eigenvalue weighted by Crippen LogP contribution is 2.55. The summed E-state index contributed by atoms with van der Waals surface area (Å²) in [7, 11) is 0. The molecule has 3 saturated heterocycles. The van der Waals surface area contributed by atoms with E-state index in [4.69, 9.17) is 88.3 Å². The van der Waals surface area contributed by atoms with Crippen LogP contribution in [0.3, 0.4) is 0 Å². The standard InChI is InChI=1S/C66H121NO34P4S4/c1-48-56(72)58(74)52(40-68)98-62(48)87-30-13-4-7-16-33-91-102(79,106)94-37-21-27-84-45-66(44-83-26-19-20-36-97-105(82,109)101-65(78)90-43-51-24-11-10-12-25-51,46-85-28-22-38-95-103(80,107)92-34-17-8-5-14-31-88-63-49(2)57(73)59(75)53(41-69)99-63)47-86-29-23-39-96-104(81,108)93-35-18-9-6-15-32-89-64-55(67-50(3)71)61(77)60(76)54(42-70)100-64/h10-12,24-25,48-49,52-64,68-70,72-77H,4-9,13-23,26-47H2,1-3H3,(H,67,71)(H,79,106)(H,80,107)(H,81,108)(H,82,109)/t48?,49?,52?,53?,54?,55?,56-,57-,58-,59-,60-,61-,62-,63-,64-,66?,102?,103?,104?,105?/m1/s1. The topological polar surface area (TPSA) is 472 Å². The molecule has 1 amide bonds. The van der Waals surface area contributed by atoms with E-state index in [9.17, 15) is 73.8 Å². The summed E-state index contributed by atoms with van der Waals surface area (Å²) >= 11 is 16.4. The van der Waals surface area contributed by atoms with Gasteiger partial charge in [-0.3, -0.25) is 9.32 Å². The van der Waals surface area contributed by atoms with Crippen LogP contribution in [0.15, 0.2) is 30.3 Å². The number of amides is 1. The van der Waals surface area contributed by atoms with Crippen LogP contribution in [0.4, 0.5) is 4.79 Å². The van der Waals surface area contributed by atoms with Gasteiger partial charge in [0.1, 0.15) is 55.4 Å². The minimum atomic E-state index is -4.16. The first-order chi connectivity index (χ1) is 52.0. The molecule has 0 aromatic heterocycles. The number of carbonyl (C=O) groups excluding carboxylic acids is 2. The van der Waals surface area contributed by atoms with Crippen molar-refractivity contribution in [2.45, 2.75) is 216 Å². The number of hydrogen-bond donors (Lipinski definition) is 14. The summed E-state index contributed by atoms with van der Waals surface area (Å²) in [5.74, 6) is -1.49. The third-order valence-corrected chi connectivity index (χ3v) is 24.0. The predicted octanol–water partition coefficient (Wildman–Crippen LogP) is 7.44. The molecule has 3 fully saturated rings. The van der Waals surface area contributed by atoms with Gasteiger partial charge in [-0.05, 0) is 88.4 Å². The van der Waals surface area contributed by atoms with Crippen molar-refractivity contribution in [3.05, 3.63) is 35.9 Å². The van der Waals surface area contributed by atoms with E-state index in [1.54, 1.807) is 44.2 Å². The van der Waals surface area contributed by atoms with Crippen molar-refractivity contribution < 1.29 is 162 Å². The smallest absolute Gasteiger partial charge is 0.429 e. The van der Waals surface area contributed by atoms with E-state index in [1.807, 2.05) is 0 Å². The van der Waals surface area contributed by atoms with Gasteiger partial charge in [-0.1, -0.05) is 119 Å². The monoisotopic (exact) mass is 1720 g/mol. The summed E-state index contributed by atoms with van der Waals surface area (Å²) < 4.78 is 160. The van der Waals surface area contributed by atoms with Crippen LogP contribution >= 0.6 is 76.2 Å². The molecule has 109 heavy (non-hydrogen) atoms. The molecule has 0 saturated carbocycles. The average molecular weight is 1720 g/mol. The zero-order valence-corrected chi connectivity index (χ0v) is 69.6. The molecular formula is C66H121NO34P4S4. The molecule has 0 spiro atoms. The normalized spacial score (nSPS) is 27.4. The molecule has 1 aromatic carbocycles. The van der Waals surface area contributed by atoms with Gasteiger partial charge in [-0.2, -0.15) is 0 Å². The molecule has 19 atom stereocenters. The molecular weight excluding hydrogens is 1600 g/mol. The van der Waals surface area contributed by atoms with Gasteiger partial charge in [0.15, 0.2) is 18.9 Å². The van der Waals surface area contributed by atoms with E-state index in [2.05, 4.69) is 54.3 Å². The van der Waals surface area contributed by atoms with Crippen LogP contribution in [0.5, 0.6) is 0 Å². The summed E-state index contributed by atoms with van der Waals surface area (Å²) in [6.45, 7) is -11.5. The van der Waals surface area contributed by atoms with Crippen molar-refractivity contribution in [1.82, 2.24) is 5.32 Å². The zero-order chi connectivity index (χ0) is 80.1. The van der Waals surface area contributed by atoms with Crippen LogP contribution in [0.2, 0.25) is 0 Å². The number of thiol groups is 4. The lowest BCUT2D eigenvalue weighted by atomic mass is 9.92. The third kappa shape index (κ3) is 42.0. The van der Waals surface area contributed by atoms with E-state index in [1.165, 1.54) is 6.92 Å². The number of unbranched alkanes of at least 4 members (excludes halogenated alkanes) is 10. The summed E-state index contributed by atoms with van der Waals surface area (Å²) in [5, 5.41) is 92.8. The quantitative estimate of drug-likeness (QED) is 0.0130. The van der Waals surface area contributed by atoms with Crippen LogP contribution < -0.4 is 5.32 Å². The second kappa shape index (κ2) is 55.8. The maximum atomic E-state index is 13.2. The summed E-state index contributed by atoms with van der Waals surface area (Å²) in [5.41, 5.74) is -0.355. The Morgan fingerprint density at radius 1 is 0.413 bits per heavy atom. The Morgan fingerprint density at radius 2 is 0.716 bits per heavy atom. The van der Waals surface area contributed by atoms with Gasteiger partial charge in [0.05, 0.1) is 110 Å². The highest BCUT2D eigenvalue weighted by molar-refractivity contribution is 8.45. The molecule has 10 unspecified atom stereocenters. The van der Waals surface area contributed by atoms with Crippen LogP contribution in [-0.4, -0.2) is 277 Å².